The van der Waals surface area contributed by atoms with Gasteiger partial charge in [-0.05, 0) is 65.2 Å². The maximum Gasteiger partial charge on any atom is 0.0656 e. The van der Waals surface area contributed by atoms with Crippen molar-refractivity contribution in [2.24, 2.45) is 0 Å². The molecule has 4 heteroatoms. The molecule has 2 nitrogen and oxygen atoms in total. The van der Waals surface area contributed by atoms with Crippen LogP contribution in [0.15, 0.2) is 29.8 Å². The van der Waals surface area contributed by atoms with E-state index < -0.39 is 0 Å². The van der Waals surface area contributed by atoms with E-state index in [9.17, 15) is 0 Å². The molecular weight excluding hydrogens is 331 g/mol. The summed E-state index contributed by atoms with van der Waals surface area (Å²) in [6.07, 6.45) is 1.95. The molecule has 2 aromatic heterocycles. The van der Waals surface area contributed by atoms with Gasteiger partial charge in [0.1, 0.15) is 0 Å². The molecule has 0 bridgehead atoms. The number of nitrogens with one attached hydrogen (secondary N) is 1. The quantitative estimate of drug-likeness (QED) is 0.864. The number of hydrogen-bond donors (Lipinski definition) is 1. The summed E-state index contributed by atoms with van der Waals surface area (Å²) in [4.78, 5) is 4.34. The lowest BCUT2D eigenvalue weighted by Crippen LogP contribution is -2.17. The summed E-state index contributed by atoms with van der Waals surface area (Å²) < 4.78 is 1.31. The normalized spacial score (nSPS) is 12.7. The van der Waals surface area contributed by atoms with E-state index in [0.717, 1.165) is 5.69 Å². The first-order chi connectivity index (χ1) is 7.70. The number of hydrogen-bond acceptors (Lipinski definition) is 3. The van der Waals surface area contributed by atoms with E-state index in [4.69, 9.17) is 0 Å². The maximum absolute atomic E-state index is 4.34. The molecule has 0 radical (unpaired) electrons. The van der Waals surface area contributed by atoms with Gasteiger partial charge in [-0.3, -0.25) is 4.98 Å². The van der Waals surface area contributed by atoms with E-state index in [-0.39, 0.29) is 6.04 Å². The average molecular weight is 344 g/mol. The topological polar surface area (TPSA) is 24.9 Å². The van der Waals surface area contributed by atoms with Gasteiger partial charge in [-0.2, -0.15) is 0 Å². The van der Waals surface area contributed by atoms with Crippen LogP contribution in [0.1, 0.15) is 22.9 Å². The summed E-state index contributed by atoms with van der Waals surface area (Å²) in [5, 5.41) is 5.53. The van der Waals surface area contributed by atoms with Gasteiger partial charge < -0.3 is 5.32 Å². The van der Waals surface area contributed by atoms with Gasteiger partial charge >= 0.3 is 0 Å². The second kappa shape index (κ2) is 5.25. The number of aryl methyl sites for hydroxylation is 1. The van der Waals surface area contributed by atoms with Crippen molar-refractivity contribution in [3.05, 3.63) is 49.5 Å². The molecule has 0 saturated heterocycles. The highest BCUT2D eigenvalue weighted by Crippen LogP contribution is 2.26. The van der Waals surface area contributed by atoms with Crippen LogP contribution in [0, 0.1) is 9.81 Å². The summed E-state index contributed by atoms with van der Waals surface area (Å²) in [5.74, 6) is 0. The molecule has 0 amide bonds. The van der Waals surface area contributed by atoms with Crippen LogP contribution < -0.4 is 5.32 Å². The third kappa shape index (κ3) is 2.61. The predicted octanol–water partition coefficient (Wildman–Crippen LogP) is 3.36. The molecule has 1 unspecified atom stereocenters. The molecule has 2 rings (SSSR count). The Kier molecular flexibility index (Phi) is 3.94. The summed E-state index contributed by atoms with van der Waals surface area (Å²) in [6, 6.07) is 6.64. The number of nitrogens with zero attached hydrogens (tertiary/aromatic N) is 1. The lowest BCUT2D eigenvalue weighted by molar-refractivity contribution is 0.690. The van der Waals surface area contributed by atoms with E-state index in [0.29, 0.717) is 0 Å². The minimum atomic E-state index is 0.243. The zero-order valence-corrected chi connectivity index (χ0v) is 12.2. The fourth-order valence-electron chi connectivity index (χ4n) is 1.65. The van der Waals surface area contributed by atoms with Gasteiger partial charge in [0.15, 0.2) is 0 Å². The molecule has 16 heavy (non-hydrogen) atoms. The van der Waals surface area contributed by atoms with Crippen molar-refractivity contribution in [1.29, 1.82) is 0 Å². The van der Waals surface area contributed by atoms with Gasteiger partial charge in [0.05, 0.1) is 8.93 Å². The van der Waals surface area contributed by atoms with Gasteiger partial charge in [0, 0.05) is 11.9 Å². The van der Waals surface area contributed by atoms with Crippen molar-refractivity contribution in [2.75, 3.05) is 7.05 Å². The molecule has 0 spiro atoms. The Morgan fingerprint density at radius 2 is 2.19 bits per heavy atom. The average Bonchev–Trinajstić information content (AvgIpc) is 2.69. The number of aromatic nitrogens is 1. The van der Waals surface area contributed by atoms with Crippen molar-refractivity contribution in [3.8, 4) is 0 Å². The maximum atomic E-state index is 4.34. The van der Waals surface area contributed by atoms with E-state index in [2.05, 4.69) is 56.5 Å². The third-order valence-corrected chi connectivity index (χ3v) is 4.28. The van der Waals surface area contributed by atoms with Crippen molar-refractivity contribution in [1.82, 2.24) is 10.3 Å². The third-order valence-electron chi connectivity index (χ3n) is 2.48. The molecule has 0 aliphatic heterocycles. The van der Waals surface area contributed by atoms with Crippen LogP contribution in [0.5, 0.6) is 0 Å². The van der Waals surface area contributed by atoms with Crippen LogP contribution in [-0.2, 0) is 0 Å². The largest absolute Gasteiger partial charge is 0.309 e. The van der Waals surface area contributed by atoms with E-state index in [1.165, 1.54) is 14.0 Å². The molecule has 0 aliphatic rings. The van der Waals surface area contributed by atoms with Crippen LogP contribution in [0.4, 0.5) is 0 Å². The minimum absolute atomic E-state index is 0.243. The van der Waals surface area contributed by atoms with E-state index >= 15 is 0 Å². The van der Waals surface area contributed by atoms with Crippen LogP contribution in [0.2, 0.25) is 0 Å². The standard InChI is InChI=1S/C12H13IN2S/c1-8-3-4-9(6-15-8)12(14-2)10-5-11(13)16-7-10/h3-7,12,14H,1-2H3. The SMILES string of the molecule is CNC(c1ccc(C)nc1)c1csc(I)c1. The molecule has 0 aromatic carbocycles. The van der Waals surface area contributed by atoms with Crippen molar-refractivity contribution < 1.29 is 0 Å². The van der Waals surface area contributed by atoms with Gasteiger partial charge in [0.2, 0.25) is 0 Å². The zero-order valence-electron chi connectivity index (χ0n) is 9.20. The highest BCUT2D eigenvalue weighted by Gasteiger charge is 2.13. The second-order valence-corrected chi connectivity index (χ2v) is 6.44. The molecular formula is C12H13IN2S. The first-order valence-corrected chi connectivity index (χ1v) is 7.00. The van der Waals surface area contributed by atoms with Crippen molar-refractivity contribution in [2.45, 2.75) is 13.0 Å². The number of halogens is 1. The Balaban J connectivity index is 2.32. The molecule has 0 aliphatic carbocycles. The van der Waals surface area contributed by atoms with E-state index in [1.54, 1.807) is 11.3 Å². The Morgan fingerprint density at radius 1 is 1.38 bits per heavy atom. The molecule has 84 valence electrons. The summed E-state index contributed by atoms with van der Waals surface area (Å²) in [5.41, 5.74) is 3.57. The Hall–Kier alpha value is -0.460. The predicted molar refractivity (Wildman–Crippen MR) is 76.9 cm³/mol. The minimum Gasteiger partial charge on any atom is -0.309 e. The molecule has 1 atom stereocenters. The van der Waals surface area contributed by atoms with Crippen LogP contribution in [-0.4, -0.2) is 12.0 Å². The molecule has 1 N–H and O–H groups in total. The number of pyridine rings is 1. The molecule has 2 heterocycles. The summed E-state index contributed by atoms with van der Waals surface area (Å²) >= 11 is 4.12. The molecule has 2 aromatic rings. The summed E-state index contributed by atoms with van der Waals surface area (Å²) in [6.45, 7) is 2.01. The smallest absolute Gasteiger partial charge is 0.0656 e. The highest BCUT2D eigenvalue weighted by molar-refractivity contribution is 14.1. The second-order valence-electron chi connectivity index (χ2n) is 3.64. The van der Waals surface area contributed by atoms with Gasteiger partial charge in [0.25, 0.3) is 0 Å². The fourth-order valence-corrected chi connectivity index (χ4v) is 3.05. The van der Waals surface area contributed by atoms with Crippen LogP contribution in [0.25, 0.3) is 0 Å². The first kappa shape index (κ1) is 12.0. The van der Waals surface area contributed by atoms with Crippen molar-refractivity contribution in [3.63, 3.8) is 0 Å². The lowest BCUT2D eigenvalue weighted by atomic mass is 10.0. The number of rotatable bonds is 3. The monoisotopic (exact) mass is 344 g/mol. The zero-order chi connectivity index (χ0) is 11.5. The number of thiophene rings is 1. The first-order valence-electron chi connectivity index (χ1n) is 5.04. The van der Waals surface area contributed by atoms with Gasteiger partial charge in [-0.25, -0.2) is 0 Å². The van der Waals surface area contributed by atoms with Gasteiger partial charge in [-0.1, -0.05) is 6.07 Å². The van der Waals surface area contributed by atoms with Crippen LogP contribution in [0.3, 0.4) is 0 Å². The Labute approximate surface area is 113 Å². The van der Waals surface area contributed by atoms with Crippen molar-refractivity contribution >= 4 is 33.9 Å². The Bertz CT molecular complexity index is 464. The highest BCUT2D eigenvalue weighted by atomic mass is 127. The van der Waals surface area contributed by atoms with Crippen LogP contribution >= 0.6 is 33.9 Å². The fraction of sp³-hybridized carbons (Fsp3) is 0.250. The van der Waals surface area contributed by atoms with Gasteiger partial charge in [-0.15, -0.1) is 11.3 Å². The molecule has 0 saturated carbocycles. The summed E-state index contributed by atoms with van der Waals surface area (Å²) in [7, 11) is 1.98. The van der Waals surface area contributed by atoms with E-state index in [1.807, 2.05) is 20.2 Å². The lowest BCUT2D eigenvalue weighted by Gasteiger charge is -2.14. The Morgan fingerprint density at radius 3 is 2.69 bits per heavy atom. The molecule has 0 fully saturated rings.